The minimum atomic E-state index is 0.110. The summed E-state index contributed by atoms with van der Waals surface area (Å²) in [5, 5.41) is 3.53. The van der Waals surface area contributed by atoms with E-state index in [9.17, 15) is 0 Å². The zero-order chi connectivity index (χ0) is 12.6. The molecule has 0 bridgehead atoms. The van der Waals surface area contributed by atoms with E-state index < -0.39 is 0 Å². The molecule has 1 atom stereocenters. The molecule has 2 nitrogen and oxygen atoms in total. The van der Waals surface area contributed by atoms with E-state index in [1.54, 1.807) is 0 Å². The first kappa shape index (κ1) is 15.0. The van der Waals surface area contributed by atoms with Gasteiger partial charge in [-0.3, -0.25) is 0 Å². The molecule has 1 fully saturated rings. The maximum Gasteiger partial charge on any atom is 0.0830 e. The first-order valence-electron chi connectivity index (χ1n) is 7.51. The van der Waals surface area contributed by atoms with Crippen molar-refractivity contribution < 1.29 is 4.74 Å². The number of rotatable bonds is 7. The Bertz CT molecular complexity index is 185. The number of hydrogen-bond donors (Lipinski definition) is 1. The summed E-state index contributed by atoms with van der Waals surface area (Å²) in [5.74, 6) is 0. The molecule has 2 heteroatoms. The van der Waals surface area contributed by atoms with Crippen LogP contribution in [0.3, 0.4) is 0 Å². The van der Waals surface area contributed by atoms with Gasteiger partial charge in [0.1, 0.15) is 0 Å². The first-order chi connectivity index (χ1) is 8.29. The molecule has 102 valence electrons. The summed E-state index contributed by atoms with van der Waals surface area (Å²) in [5.41, 5.74) is 0.110. The fourth-order valence-corrected chi connectivity index (χ4v) is 3.29. The van der Waals surface area contributed by atoms with Gasteiger partial charge in [-0.15, -0.1) is 0 Å². The van der Waals surface area contributed by atoms with E-state index in [4.69, 9.17) is 4.74 Å². The second-order valence-electron chi connectivity index (χ2n) is 5.52. The minimum absolute atomic E-state index is 0.110. The quantitative estimate of drug-likeness (QED) is 0.539. The molecule has 0 heterocycles. The molecule has 0 saturated heterocycles. The van der Waals surface area contributed by atoms with Crippen LogP contribution in [-0.4, -0.2) is 25.8 Å². The van der Waals surface area contributed by atoms with Crippen molar-refractivity contribution in [2.75, 3.05) is 14.2 Å². The van der Waals surface area contributed by atoms with Gasteiger partial charge in [-0.05, 0) is 26.3 Å². The standard InChI is InChI=1S/C15H31NO/c1-4-5-8-11-14(16-2)15(17-3)12-9-6-7-10-13-15/h14,16H,4-13H2,1-3H3. The number of hydrogen-bond acceptors (Lipinski definition) is 2. The van der Waals surface area contributed by atoms with Gasteiger partial charge in [-0.1, -0.05) is 51.9 Å². The van der Waals surface area contributed by atoms with Gasteiger partial charge in [0, 0.05) is 13.2 Å². The molecule has 1 aliphatic rings. The highest BCUT2D eigenvalue weighted by Crippen LogP contribution is 2.34. The van der Waals surface area contributed by atoms with Crippen LogP contribution >= 0.6 is 0 Å². The van der Waals surface area contributed by atoms with E-state index in [1.807, 2.05) is 7.11 Å². The number of methoxy groups -OCH3 is 1. The molecule has 1 aliphatic carbocycles. The average molecular weight is 241 g/mol. The maximum absolute atomic E-state index is 5.98. The third kappa shape index (κ3) is 4.26. The van der Waals surface area contributed by atoms with E-state index in [0.29, 0.717) is 6.04 Å². The fraction of sp³-hybridized carbons (Fsp3) is 1.00. The van der Waals surface area contributed by atoms with Crippen molar-refractivity contribution in [3.63, 3.8) is 0 Å². The van der Waals surface area contributed by atoms with Crippen molar-refractivity contribution in [2.45, 2.75) is 82.8 Å². The van der Waals surface area contributed by atoms with Gasteiger partial charge in [0.2, 0.25) is 0 Å². The molecule has 1 N–H and O–H groups in total. The van der Waals surface area contributed by atoms with Crippen LogP contribution in [0.2, 0.25) is 0 Å². The molecular formula is C15H31NO. The van der Waals surface area contributed by atoms with E-state index >= 15 is 0 Å². The van der Waals surface area contributed by atoms with E-state index in [-0.39, 0.29) is 5.60 Å². The molecule has 1 saturated carbocycles. The monoisotopic (exact) mass is 241 g/mol. The van der Waals surface area contributed by atoms with Crippen LogP contribution in [0.5, 0.6) is 0 Å². The topological polar surface area (TPSA) is 21.3 Å². The van der Waals surface area contributed by atoms with E-state index in [2.05, 4.69) is 19.3 Å². The Balaban J connectivity index is 2.58. The Morgan fingerprint density at radius 3 is 2.24 bits per heavy atom. The lowest BCUT2D eigenvalue weighted by molar-refractivity contribution is -0.0535. The van der Waals surface area contributed by atoms with Gasteiger partial charge < -0.3 is 10.1 Å². The lowest BCUT2D eigenvalue weighted by Crippen LogP contribution is -2.50. The third-order valence-electron chi connectivity index (χ3n) is 4.44. The van der Waals surface area contributed by atoms with Crippen molar-refractivity contribution >= 4 is 0 Å². The molecule has 0 aliphatic heterocycles. The number of unbranched alkanes of at least 4 members (excludes halogenated alkanes) is 2. The Kier molecular flexibility index (Phi) is 7.14. The number of likely N-dealkylation sites (N-methyl/N-ethyl adjacent to an activating group) is 1. The van der Waals surface area contributed by atoms with Gasteiger partial charge in [-0.25, -0.2) is 0 Å². The molecule has 0 spiro atoms. The predicted molar refractivity (Wildman–Crippen MR) is 74.4 cm³/mol. The van der Waals surface area contributed by atoms with Crippen LogP contribution in [0, 0.1) is 0 Å². The molecular weight excluding hydrogens is 210 g/mol. The summed E-state index contributed by atoms with van der Waals surface area (Å²) < 4.78 is 5.98. The summed E-state index contributed by atoms with van der Waals surface area (Å²) in [6.45, 7) is 2.27. The van der Waals surface area contributed by atoms with Crippen LogP contribution in [0.1, 0.15) is 71.1 Å². The fourth-order valence-electron chi connectivity index (χ4n) is 3.29. The highest BCUT2D eigenvalue weighted by Gasteiger charge is 2.37. The normalized spacial score (nSPS) is 22.1. The average Bonchev–Trinajstić information content (AvgIpc) is 2.61. The summed E-state index contributed by atoms with van der Waals surface area (Å²) >= 11 is 0. The Morgan fingerprint density at radius 1 is 1.12 bits per heavy atom. The summed E-state index contributed by atoms with van der Waals surface area (Å²) in [7, 11) is 4.01. The van der Waals surface area contributed by atoms with Crippen LogP contribution < -0.4 is 5.32 Å². The van der Waals surface area contributed by atoms with E-state index in [0.717, 1.165) is 0 Å². The summed E-state index contributed by atoms with van der Waals surface area (Å²) in [6.07, 6.45) is 13.1. The SMILES string of the molecule is CCCCCC(NC)C1(OC)CCCCCC1. The zero-order valence-electron chi connectivity index (χ0n) is 12.1. The van der Waals surface area contributed by atoms with Crippen molar-refractivity contribution in [2.24, 2.45) is 0 Å². The Labute approximate surface area is 108 Å². The first-order valence-corrected chi connectivity index (χ1v) is 7.51. The molecule has 0 aromatic rings. The zero-order valence-corrected chi connectivity index (χ0v) is 12.1. The summed E-state index contributed by atoms with van der Waals surface area (Å²) in [6, 6.07) is 0.539. The van der Waals surface area contributed by atoms with E-state index in [1.165, 1.54) is 64.2 Å². The van der Waals surface area contributed by atoms with Crippen molar-refractivity contribution in [1.82, 2.24) is 5.32 Å². The van der Waals surface area contributed by atoms with Crippen LogP contribution in [-0.2, 0) is 4.74 Å². The molecule has 1 rings (SSSR count). The summed E-state index contributed by atoms with van der Waals surface area (Å²) in [4.78, 5) is 0. The lowest BCUT2D eigenvalue weighted by atomic mass is 9.83. The molecule has 1 unspecified atom stereocenters. The third-order valence-corrected chi connectivity index (χ3v) is 4.44. The Hall–Kier alpha value is -0.0800. The van der Waals surface area contributed by atoms with Gasteiger partial charge in [0.25, 0.3) is 0 Å². The van der Waals surface area contributed by atoms with Crippen molar-refractivity contribution in [3.8, 4) is 0 Å². The highest BCUT2D eigenvalue weighted by atomic mass is 16.5. The lowest BCUT2D eigenvalue weighted by Gasteiger charge is -2.39. The minimum Gasteiger partial charge on any atom is -0.377 e. The van der Waals surface area contributed by atoms with Crippen LogP contribution in [0.4, 0.5) is 0 Å². The molecule has 17 heavy (non-hydrogen) atoms. The van der Waals surface area contributed by atoms with Gasteiger partial charge >= 0.3 is 0 Å². The van der Waals surface area contributed by atoms with Crippen molar-refractivity contribution in [1.29, 1.82) is 0 Å². The molecule has 0 radical (unpaired) electrons. The molecule has 0 amide bonds. The molecule has 0 aromatic carbocycles. The molecule has 0 aromatic heterocycles. The van der Waals surface area contributed by atoms with Crippen molar-refractivity contribution in [3.05, 3.63) is 0 Å². The van der Waals surface area contributed by atoms with Crippen LogP contribution in [0.15, 0.2) is 0 Å². The van der Waals surface area contributed by atoms with Gasteiger partial charge in [0.15, 0.2) is 0 Å². The van der Waals surface area contributed by atoms with Gasteiger partial charge in [-0.2, -0.15) is 0 Å². The Morgan fingerprint density at radius 2 is 1.76 bits per heavy atom. The second-order valence-corrected chi connectivity index (χ2v) is 5.52. The number of ether oxygens (including phenoxy) is 1. The largest absolute Gasteiger partial charge is 0.377 e. The maximum atomic E-state index is 5.98. The second kappa shape index (κ2) is 8.10. The number of nitrogens with one attached hydrogen (secondary N) is 1. The predicted octanol–water partition coefficient (Wildman–Crippen LogP) is 3.89. The van der Waals surface area contributed by atoms with Crippen LogP contribution in [0.25, 0.3) is 0 Å². The highest BCUT2D eigenvalue weighted by molar-refractivity contribution is 4.93. The smallest absolute Gasteiger partial charge is 0.0830 e. The van der Waals surface area contributed by atoms with Gasteiger partial charge in [0.05, 0.1) is 5.60 Å².